The largest absolute Gasteiger partial charge is 0.573 e. The van der Waals surface area contributed by atoms with Crippen LogP contribution in [0.5, 0.6) is 5.75 Å². The van der Waals surface area contributed by atoms with Gasteiger partial charge in [-0.1, -0.05) is 30.3 Å². The maximum Gasteiger partial charge on any atom is 0.573 e. The number of carbonyl (C=O) groups excluding carboxylic acids is 1. The van der Waals surface area contributed by atoms with Gasteiger partial charge >= 0.3 is 12.5 Å². The Morgan fingerprint density at radius 3 is 2.16 bits per heavy atom. The summed E-state index contributed by atoms with van der Waals surface area (Å²) in [6.45, 7) is 4.93. The SMILES string of the molecule is Cc1nc(C(F)(F)F)cn1-c1ccc(-c2cccc(C(C)(C)C=O)c2)cc1N(N)/C(=C\N)c1ccc(OC(F)(F)F)cc1. The van der Waals surface area contributed by atoms with Crippen LogP contribution in [-0.4, -0.2) is 22.2 Å². The summed E-state index contributed by atoms with van der Waals surface area (Å²) in [7, 11) is 0. The lowest BCUT2D eigenvalue weighted by molar-refractivity contribution is -0.274. The Kier molecular flexibility index (Phi) is 8.32. The molecule has 0 aliphatic carbocycles. The van der Waals surface area contributed by atoms with Crippen molar-refractivity contribution in [1.82, 2.24) is 9.55 Å². The summed E-state index contributed by atoms with van der Waals surface area (Å²) in [6, 6.07) is 16.8. The number of aryl methyl sites for hydroxylation is 1. The van der Waals surface area contributed by atoms with Crippen molar-refractivity contribution in [3.8, 4) is 22.6 Å². The Hall–Kier alpha value is -4.78. The fourth-order valence-electron chi connectivity index (χ4n) is 4.39. The highest BCUT2D eigenvalue weighted by Gasteiger charge is 2.35. The van der Waals surface area contributed by atoms with E-state index in [2.05, 4.69) is 9.72 Å². The molecule has 1 aromatic heterocycles. The summed E-state index contributed by atoms with van der Waals surface area (Å²) >= 11 is 0. The van der Waals surface area contributed by atoms with Crippen molar-refractivity contribution in [2.45, 2.75) is 38.7 Å². The van der Waals surface area contributed by atoms with Crippen LogP contribution in [0.25, 0.3) is 22.5 Å². The number of carbonyl (C=O) groups is 1. The van der Waals surface area contributed by atoms with Crippen molar-refractivity contribution in [2.75, 3.05) is 5.01 Å². The lowest BCUT2D eigenvalue weighted by atomic mass is 9.85. The smallest absolute Gasteiger partial charge is 0.406 e. The number of aldehydes is 1. The number of alkyl halides is 6. The molecule has 4 aromatic rings. The highest BCUT2D eigenvalue weighted by atomic mass is 19.4. The van der Waals surface area contributed by atoms with E-state index >= 15 is 0 Å². The molecule has 0 fully saturated rings. The maximum atomic E-state index is 13.5. The molecule has 0 atom stereocenters. The van der Waals surface area contributed by atoms with Crippen molar-refractivity contribution in [1.29, 1.82) is 0 Å². The van der Waals surface area contributed by atoms with Gasteiger partial charge in [0.2, 0.25) is 0 Å². The van der Waals surface area contributed by atoms with Crippen LogP contribution in [0.15, 0.2) is 79.1 Å². The van der Waals surface area contributed by atoms with Gasteiger partial charge in [0.05, 0.1) is 17.1 Å². The molecule has 7 nitrogen and oxygen atoms in total. The molecule has 3 aromatic carbocycles. The molecule has 226 valence electrons. The number of hydrogen-bond donors (Lipinski definition) is 2. The van der Waals surface area contributed by atoms with Gasteiger partial charge in [-0.05, 0) is 73.9 Å². The predicted octanol–water partition coefficient (Wildman–Crippen LogP) is 6.88. The standard InChI is InChI=1S/C30H27F6N5O2/c1-18-39-27(29(31,32)33)16-40(18)24-12-9-21(20-5-4-6-22(13-20)28(2,3)17-42)14-25(24)41(38)26(15-37)19-7-10-23(11-8-19)43-30(34,35)36/h4-17H,37-38H2,1-3H3/b26-15-. The molecule has 0 saturated heterocycles. The number of nitrogens with two attached hydrogens (primary N) is 2. The van der Waals surface area contributed by atoms with Gasteiger partial charge in [0.1, 0.15) is 17.9 Å². The topological polar surface area (TPSA) is 99.4 Å². The fraction of sp³-hybridized carbons (Fsp3) is 0.200. The molecule has 0 saturated carbocycles. The minimum Gasteiger partial charge on any atom is -0.406 e. The first-order valence-electron chi connectivity index (χ1n) is 12.7. The molecule has 1 heterocycles. The zero-order valence-electron chi connectivity index (χ0n) is 23.2. The summed E-state index contributed by atoms with van der Waals surface area (Å²) in [5.41, 5.74) is 6.88. The molecule has 0 aliphatic rings. The second kappa shape index (κ2) is 11.5. The van der Waals surface area contributed by atoms with E-state index in [1.54, 1.807) is 50.2 Å². The van der Waals surface area contributed by atoms with Crippen molar-refractivity contribution < 1.29 is 35.9 Å². The number of benzene rings is 3. The molecule has 13 heteroatoms. The van der Waals surface area contributed by atoms with Crippen LogP contribution in [0, 0.1) is 6.92 Å². The maximum absolute atomic E-state index is 13.5. The Bertz CT molecular complexity index is 1660. The third-order valence-corrected chi connectivity index (χ3v) is 6.70. The van der Waals surface area contributed by atoms with E-state index < -0.39 is 29.4 Å². The number of aromatic nitrogens is 2. The van der Waals surface area contributed by atoms with Crippen molar-refractivity contribution in [3.63, 3.8) is 0 Å². The van der Waals surface area contributed by atoms with Gasteiger partial charge in [0.25, 0.3) is 0 Å². The number of ether oxygens (including phenoxy) is 1. The Morgan fingerprint density at radius 1 is 0.953 bits per heavy atom. The molecule has 43 heavy (non-hydrogen) atoms. The van der Waals surface area contributed by atoms with Crippen molar-refractivity contribution in [3.05, 3.63) is 102 Å². The van der Waals surface area contributed by atoms with Crippen LogP contribution in [0.2, 0.25) is 0 Å². The summed E-state index contributed by atoms with van der Waals surface area (Å²) in [4.78, 5) is 15.3. The van der Waals surface area contributed by atoms with Crippen LogP contribution < -0.4 is 21.3 Å². The summed E-state index contributed by atoms with van der Waals surface area (Å²) in [5.74, 6) is 6.10. The average molecular weight is 604 g/mol. The summed E-state index contributed by atoms with van der Waals surface area (Å²) in [5, 5.41) is 1.12. The van der Waals surface area contributed by atoms with Gasteiger partial charge in [0, 0.05) is 23.4 Å². The van der Waals surface area contributed by atoms with E-state index in [-0.39, 0.29) is 22.9 Å². The molecule has 0 unspecified atom stereocenters. The number of imidazole rings is 1. The third-order valence-electron chi connectivity index (χ3n) is 6.70. The molecule has 0 spiro atoms. The quantitative estimate of drug-likeness (QED) is 0.0986. The van der Waals surface area contributed by atoms with Crippen LogP contribution in [0.1, 0.15) is 36.5 Å². The molecule has 4 N–H and O–H groups in total. The zero-order valence-corrected chi connectivity index (χ0v) is 23.2. The molecule has 0 radical (unpaired) electrons. The van der Waals surface area contributed by atoms with Gasteiger partial charge in [-0.3, -0.25) is 5.01 Å². The number of anilines is 1. The van der Waals surface area contributed by atoms with Crippen LogP contribution in [0.4, 0.5) is 32.0 Å². The van der Waals surface area contributed by atoms with E-state index in [1.807, 2.05) is 6.07 Å². The summed E-state index contributed by atoms with van der Waals surface area (Å²) < 4.78 is 83.6. The second-order valence-corrected chi connectivity index (χ2v) is 10.2. The van der Waals surface area contributed by atoms with Gasteiger partial charge in [-0.15, -0.1) is 13.2 Å². The van der Waals surface area contributed by atoms with Crippen LogP contribution in [-0.2, 0) is 16.4 Å². The Labute approximate surface area is 243 Å². The molecule has 0 bridgehead atoms. The van der Waals surface area contributed by atoms with Crippen LogP contribution in [0.3, 0.4) is 0 Å². The first-order valence-corrected chi connectivity index (χ1v) is 12.7. The predicted molar refractivity (Wildman–Crippen MR) is 150 cm³/mol. The monoisotopic (exact) mass is 603 g/mol. The average Bonchev–Trinajstić information content (AvgIpc) is 3.35. The molecule has 0 amide bonds. The van der Waals surface area contributed by atoms with Crippen molar-refractivity contribution >= 4 is 17.7 Å². The van der Waals surface area contributed by atoms with Gasteiger partial charge in [-0.2, -0.15) is 13.2 Å². The Morgan fingerprint density at radius 2 is 1.60 bits per heavy atom. The molecule has 4 rings (SSSR count). The number of hydrogen-bond acceptors (Lipinski definition) is 6. The third kappa shape index (κ3) is 6.83. The van der Waals surface area contributed by atoms with Gasteiger partial charge in [-0.25, -0.2) is 10.8 Å². The minimum atomic E-state index is -4.89. The first kappa shape index (κ1) is 31.2. The molecular weight excluding hydrogens is 576 g/mol. The zero-order chi connectivity index (χ0) is 31.7. The van der Waals surface area contributed by atoms with Gasteiger partial charge in [0.15, 0.2) is 5.69 Å². The lowest BCUT2D eigenvalue weighted by Crippen LogP contribution is -2.31. The number of halogens is 6. The number of hydrazine groups is 1. The highest BCUT2D eigenvalue weighted by Crippen LogP contribution is 2.37. The first-order chi connectivity index (χ1) is 20.0. The number of nitrogens with zero attached hydrogens (tertiary/aromatic N) is 3. The highest BCUT2D eigenvalue weighted by molar-refractivity contribution is 5.85. The normalized spacial score (nSPS) is 12.7. The molecule has 0 aliphatic heterocycles. The summed E-state index contributed by atoms with van der Waals surface area (Å²) in [6.07, 6.45) is -6.81. The van der Waals surface area contributed by atoms with E-state index in [4.69, 9.17) is 11.6 Å². The fourth-order valence-corrected chi connectivity index (χ4v) is 4.39. The van der Waals surface area contributed by atoms with Crippen LogP contribution >= 0.6 is 0 Å². The van der Waals surface area contributed by atoms with E-state index in [0.717, 1.165) is 41.4 Å². The van der Waals surface area contributed by atoms with E-state index in [0.29, 0.717) is 16.7 Å². The van der Waals surface area contributed by atoms with Crippen molar-refractivity contribution in [2.24, 2.45) is 11.6 Å². The Balaban J connectivity index is 1.86. The van der Waals surface area contributed by atoms with E-state index in [9.17, 15) is 31.1 Å². The van der Waals surface area contributed by atoms with E-state index in [1.165, 1.54) is 23.6 Å². The minimum absolute atomic E-state index is 0.0244. The lowest BCUT2D eigenvalue weighted by Gasteiger charge is -2.26. The second-order valence-electron chi connectivity index (χ2n) is 10.2. The van der Waals surface area contributed by atoms with Gasteiger partial charge < -0.3 is 19.8 Å². The number of rotatable bonds is 8. The molecular formula is C30H27F6N5O2.